The molecule has 0 bridgehead atoms. The number of nitrogens with zero attached hydrogens (tertiary/aromatic N) is 3. The molecule has 0 saturated heterocycles. The van der Waals surface area contributed by atoms with E-state index in [1.807, 2.05) is 36.4 Å². The number of hydrogen-bond donors (Lipinski definition) is 1. The molecule has 1 unspecified atom stereocenters. The topological polar surface area (TPSA) is 58.0 Å². The van der Waals surface area contributed by atoms with Crippen LogP contribution in [0.15, 0.2) is 65.7 Å². The first kappa shape index (κ1) is 24.5. The number of pyridine rings is 1. The average molecular weight is 506 g/mol. The molecule has 5 nitrogen and oxygen atoms in total. The zero-order valence-electron chi connectivity index (χ0n) is 22.7. The molecule has 1 N–H and O–H groups in total. The van der Waals surface area contributed by atoms with Crippen molar-refractivity contribution >= 4 is 22.4 Å². The van der Waals surface area contributed by atoms with Gasteiger partial charge in [-0.2, -0.15) is 0 Å². The Morgan fingerprint density at radius 3 is 2.42 bits per heavy atom. The van der Waals surface area contributed by atoms with Gasteiger partial charge < -0.3 is 14.7 Å². The zero-order chi connectivity index (χ0) is 26.4. The summed E-state index contributed by atoms with van der Waals surface area (Å²) in [6, 6.07) is 20.3. The summed E-state index contributed by atoms with van der Waals surface area (Å²) in [5, 5.41) is 11.1. The number of hydrogen-bond acceptors (Lipinski definition) is 5. The molecule has 1 aliphatic carbocycles. The molecule has 0 amide bonds. The van der Waals surface area contributed by atoms with E-state index in [2.05, 4.69) is 55.8 Å². The Balaban J connectivity index is 1.41. The summed E-state index contributed by atoms with van der Waals surface area (Å²) in [5.74, 6) is 2.34. The van der Waals surface area contributed by atoms with Gasteiger partial charge in [0, 0.05) is 22.7 Å². The Kier molecular flexibility index (Phi) is 6.30. The molecule has 5 heteroatoms. The summed E-state index contributed by atoms with van der Waals surface area (Å²) >= 11 is 0. The summed E-state index contributed by atoms with van der Waals surface area (Å²) in [4.78, 5) is 12.5. The first-order valence-electron chi connectivity index (χ1n) is 13.7. The van der Waals surface area contributed by atoms with Crippen molar-refractivity contribution in [1.82, 2.24) is 4.98 Å². The van der Waals surface area contributed by atoms with Crippen molar-refractivity contribution in [1.29, 1.82) is 0 Å². The van der Waals surface area contributed by atoms with Crippen LogP contribution in [0.1, 0.15) is 59.9 Å². The fourth-order valence-corrected chi connectivity index (χ4v) is 6.13. The number of ether oxygens (including phenoxy) is 1. The van der Waals surface area contributed by atoms with E-state index in [1.165, 1.54) is 47.2 Å². The zero-order valence-corrected chi connectivity index (χ0v) is 22.7. The van der Waals surface area contributed by atoms with E-state index in [0.717, 1.165) is 29.6 Å². The Bertz CT molecular complexity index is 1530. The van der Waals surface area contributed by atoms with Crippen molar-refractivity contribution in [3.63, 3.8) is 0 Å². The molecule has 1 aliphatic heterocycles. The lowest BCUT2D eigenvalue weighted by Crippen LogP contribution is -2.41. The van der Waals surface area contributed by atoms with Gasteiger partial charge >= 0.3 is 0 Å². The van der Waals surface area contributed by atoms with Crippen LogP contribution in [0.25, 0.3) is 10.9 Å². The van der Waals surface area contributed by atoms with Crippen molar-refractivity contribution in [2.75, 3.05) is 4.90 Å². The minimum atomic E-state index is 0.148. The number of amidine groups is 1. The molecular formula is C33H35N3O2. The molecule has 2 atom stereocenters. The molecule has 0 radical (unpaired) electrons. The van der Waals surface area contributed by atoms with Crippen LogP contribution >= 0.6 is 0 Å². The highest BCUT2D eigenvalue weighted by Crippen LogP contribution is 2.40. The summed E-state index contributed by atoms with van der Waals surface area (Å²) in [5.41, 5.74) is 8.21. The summed E-state index contributed by atoms with van der Waals surface area (Å²) in [6.07, 6.45) is 6.06. The van der Waals surface area contributed by atoms with Gasteiger partial charge in [0.2, 0.25) is 5.88 Å². The molecule has 6 rings (SSSR count). The lowest BCUT2D eigenvalue weighted by Gasteiger charge is -2.33. The average Bonchev–Trinajstić information content (AvgIpc) is 3.09. The predicted octanol–water partition coefficient (Wildman–Crippen LogP) is 7.93. The number of aliphatic imine (C=N–C) groups is 1. The summed E-state index contributed by atoms with van der Waals surface area (Å²) < 4.78 is 6.21. The maximum absolute atomic E-state index is 10.3. The van der Waals surface area contributed by atoms with E-state index in [0.29, 0.717) is 29.2 Å². The molecule has 1 fully saturated rings. The third kappa shape index (κ3) is 4.30. The highest BCUT2D eigenvalue weighted by Gasteiger charge is 2.39. The van der Waals surface area contributed by atoms with Gasteiger partial charge in [0.15, 0.2) is 0 Å². The van der Waals surface area contributed by atoms with Crippen LogP contribution in [0.2, 0.25) is 0 Å². The Hall–Kier alpha value is -3.86. The smallest absolute Gasteiger partial charge is 0.219 e. The monoisotopic (exact) mass is 505 g/mol. The number of para-hydroxylation sites is 1. The second-order valence-corrected chi connectivity index (χ2v) is 10.8. The van der Waals surface area contributed by atoms with Gasteiger partial charge in [-0.05, 0) is 87.1 Å². The van der Waals surface area contributed by atoms with Gasteiger partial charge in [0.25, 0.3) is 0 Å². The van der Waals surface area contributed by atoms with Crippen LogP contribution in [0.3, 0.4) is 0 Å². The number of fused-ring (bicyclic) bond motifs is 2. The molecule has 1 saturated carbocycles. The molecular weight excluding hydrogens is 470 g/mol. The highest BCUT2D eigenvalue weighted by molar-refractivity contribution is 6.13. The van der Waals surface area contributed by atoms with Gasteiger partial charge in [-0.1, -0.05) is 49.6 Å². The van der Waals surface area contributed by atoms with Crippen molar-refractivity contribution < 1.29 is 9.84 Å². The van der Waals surface area contributed by atoms with Crippen LogP contribution in [0.4, 0.5) is 5.69 Å². The number of phenols is 1. The van der Waals surface area contributed by atoms with E-state index in [9.17, 15) is 5.11 Å². The Morgan fingerprint density at radius 1 is 0.842 bits per heavy atom. The molecule has 38 heavy (non-hydrogen) atoms. The minimum absolute atomic E-state index is 0.148. The number of aryl methyl sites for hydroxylation is 2. The van der Waals surface area contributed by atoms with Crippen molar-refractivity contribution in [3.05, 3.63) is 88.5 Å². The fraction of sp³-hybridized carbons (Fsp3) is 0.333. The quantitative estimate of drug-likeness (QED) is 0.306. The maximum Gasteiger partial charge on any atom is 0.219 e. The Labute approximate surface area is 224 Å². The van der Waals surface area contributed by atoms with Gasteiger partial charge in [0.1, 0.15) is 22.9 Å². The number of phenolic OH excluding ortho intramolecular Hbond substituents is 1. The second-order valence-electron chi connectivity index (χ2n) is 10.8. The number of aromatic nitrogens is 1. The third-order valence-electron chi connectivity index (χ3n) is 8.35. The van der Waals surface area contributed by atoms with E-state index >= 15 is 0 Å². The number of benzene rings is 3. The lowest BCUT2D eigenvalue weighted by molar-refractivity contribution is 0.460. The molecule has 0 spiro atoms. The molecule has 194 valence electrons. The van der Waals surface area contributed by atoms with E-state index in [-0.39, 0.29) is 5.75 Å². The van der Waals surface area contributed by atoms with E-state index in [4.69, 9.17) is 9.73 Å². The molecule has 3 aromatic carbocycles. The molecule has 1 aromatic heterocycles. The van der Waals surface area contributed by atoms with E-state index in [1.54, 1.807) is 6.07 Å². The summed E-state index contributed by atoms with van der Waals surface area (Å²) in [6.45, 7) is 8.93. The van der Waals surface area contributed by atoms with Crippen LogP contribution in [-0.4, -0.2) is 28.0 Å². The first-order chi connectivity index (χ1) is 18.4. The fourth-order valence-electron chi connectivity index (χ4n) is 6.13. The van der Waals surface area contributed by atoms with Gasteiger partial charge in [-0.15, -0.1) is 0 Å². The van der Waals surface area contributed by atoms with Crippen LogP contribution in [-0.2, 0) is 0 Å². The second kappa shape index (κ2) is 9.79. The summed E-state index contributed by atoms with van der Waals surface area (Å²) in [7, 11) is 0. The van der Waals surface area contributed by atoms with Crippen molar-refractivity contribution in [3.8, 4) is 17.4 Å². The van der Waals surface area contributed by atoms with Gasteiger partial charge in [0.05, 0.1) is 12.1 Å². The van der Waals surface area contributed by atoms with Crippen molar-refractivity contribution in [2.24, 2.45) is 4.99 Å². The molecule has 2 heterocycles. The predicted molar refractivity (Wildman–Crippen MR) is 155 cm³/mol. The third-order valence-corrected chi connectivity index (χ3v) is 8.35. The van der Waals surface area contributed by atoms with E-state index < -0.39 is 0 Å². The molecule has 2 aliphatic rings. The maximum atomic E-state index is 10.3. The largest absolute Gasteiger partial charge is 0.506 e. The minimum Gasteiger partial charge on any atom is -0.506 e. The Morgan fingerprint density at radius 2 is 1.61 bits per heavy atom. The van der Waals surface area contributed by atoms with Crippen molar-refractivity contribution in [2.45, 2.75) is 71.9 Å². The lowest BCUT2D eigenvalue weighted by atomic mass is 9.94. The normalized spacial score (nSPS) is 19.3. The SMILES string of the molecule is Cc1cc(C)c(C)c(N2C(c3cccc(Oc4ccc5cccc(O)c5n4)c3)=N[C@H]3CCCCCC32)c1C. The molecule has 4 aromatic rings. The van der Waals surface area contributed by atoms with Crippen LogP contribution in [0.5, 0.6) is 17.4 Å². The standard InChI is InChI=1S/C33H35N3O2/c1-20-18-21(2)23(4)32(22(20)3)36-28-14-7-5-6-13-27(28)34-33(36)25-11-8-12-26(19-25)38-30-17-16-24-10-9-15-29(37)31(24)35-30/h8-12,15-19,27-28,37H,5-7,13-14H2,1-4H3/t27-,28?/m0/s1. The van der Waals surface area contributed by atoms with Crippen LogP contribution in [0, 0.1) is 27.7 Å². The number of anilines is 1. The highest BCUT2D eigenvalue weighted by atomic mass is 16.5. The van der Waals surface area contributed by atoms with Gasteiger partial charge in [-0.3, -0.25) is 4.99 Å². The first-order valence-corrected chi connectivity index (χ1v) is 13.7. The number of rotatable bonds is 4. The van der Waals surface area contributed by atoms with Gasteiger partial charge in [-0.25, -0.2) is 4.98 Å². The number of aromatic hydroxyl groups is 1. The van der Waals surface area contributed by atoms with Crippen LogP contribution < -0.4 is 9.64 Å².